The molecule has 2 rings (SSSR count). The van der Waals surface area contributed by atoms with Gasteiger partial charge in [0.05, 0.1) is 5.41 Å². The third kappa shape index (κ3) is 4.09. The maximum absolute atomic E-state index is 11.9. The van der Waals surface area contributed by atoms with Gasteiger partial charge < -0.3 is 20.6 Å². The fraction of sp³-hybridized carbons (Fsp3) is 0.867. The van der Waals surface area contributed by atoms with Gasteiger partial charge in [-0.1, -0.05) is 6.42 Å². The van der Waals surface area contributed by atoms with Gasteiger partial charge in [-0.2, -0.15) is 0 Å². The molecule has 2 amide bonds. The van der Waals surface area contributed by atoms with Gasteiger partial charge in [0.2, 0.25) is 0 Å². The van der Waals surface area contributed by atoms with Crippen molar-refractivity contribution < 1.29 is 14.7 Å². The molecule has 2 unspecified atom stereocenters. The number of carbonyl (C=O) groups is 2. The summed E-state index contributed by atoms with van der Waals surface area (Å²) in [6.07, 6.45) is 5.72. The van der Waals surface area contributed by atoms with E-state index in [1.54, 1.807) is 6.92 Å². The third-order valence-electron chi connectivity index (χ3n) is 4.89. The molecule has 1 saturated carbocycles. The van der Waals surface area contributed by atoms with Gasteiger partial charge in [-0.3, -0.25) is 4.79 Å². The molecule has 6 heteroatoms. The van der Waals surface area contributed by atoms with Crippen LogP contribution in [0.1, 0.15) is 45.4 Å². The summed E-state index contributed by atoms with van der Waals surface area (Å²) in [5, 5.41) is 15.0. The zero-order valence-electron chi connectivity index (χ0n) is 12.9. The molecular weight excluding hydrogens is 270 g/mol. The molecule has 2 atom stereocenters. The van der Waals surface area contributed by atoms with Gasteiger partial charge in [-0.25, -0.2) is 4.79 Å². The molecule has 1 aliphatic carbocycles. The summed E-state index contributed by atoms with van der Waals surface area (Å²) < 4.78 is 0. The van der Waals surface area contributed by atoms with Gasteiger partial charge in [0.1, 0.15) is 0 Å². The van der Waals surface area contributed by atoms with Crippen LogP contribution in [0.2, 0.25) is 0 Å². The van der Waals surface area contributed by atoms with Crippen LogP contribution in [0.25, 0.3) is 0 Å². The van der Waals surface area contributed by atoms with Gasteiger partial charge in [0.15, 0.2) is 0 Å². The SMILES string of the molecule is CC1(C(=O)O)CCCC1NC(=O)NCCCN1CCCC1. The molecule has 0 aromatic heterocycles. The average molecular weight is 297 g/mol. The lowest BCUT2D eigenvalue weighted by Crippen LogP contribution is -2.50. The first-order valence-corrected chi connectivity index (χ1v) is 8.02. The van der Waals surface area contributed by atoms with E-state index in [9.17, 15) is 14.7 Å². The Morgan fingerprint density at radius 3 is 2.67 bits per heavy atom. The Labute approximate surface area is 126 Å². The Balaban J connectivity index is 1.65. The highest BCUT2D eigenvalue weighted by molar-refractivity contribution is 5.79. The van der Waals surface area contributed by atoms with E-state index >= 15 is 0 Å². The number of nitrogens with one attached hydrogen (secondary N) is 2. The van der Waals surface area contributed by atoms with Crippen LogP contribution in [0, 0.1) is 5.41 Å². The highest BCUT2D eigenvalue weighted by Crippen LogP contribution is 2.38. The Morgan fingerprint density at radius 1 is 1.29 bits per heavy atom. The number of carbonyl (C=O) groups excluding carboxylic acids is 1. The zero-order chi connectivity index (χ0) is 15.3. The summed E-state index contributed by atoms with van der Waals surface area (Å²) in [5.74, 6) is -0.820. The topological polar surface area (TPSA) is 81.7 Å². The van der Waals surface area contributed by atoms with Crippen LogP contribution in [0.5, 0.6) is 0 Å². The van der Waals surface area contributed by atoms with E-state index in [2.05, 4.69) is 15.5 Å². The predicted molar refractivity (Wildman–Crippen MR) is 80.2 cm³/mol. The summed E-state index contributed by atoms with van der Waals surface area (Å²) in [4.78, 5) is 25.6. The fourth-order valence-electron chi connectivity index (χ4n) is 3.37. The summed E-state index contributed by atoms with van der Waals surface area (Å²) in [6.45, 7) is 5.73. The highest BCUT2D eigenvalue weighted by atomic mass is 16.4. The van der Waals surface area contributed by atoms with E-state index in [0.29, 0.717) is 13.0 Å². The van der Waals surface area contributed by atoms with Crippen LogP contribution in [-0.2, 0) is 4.79 Å². The number of hydrogen-bond donors (Lipinski definition) is 3. The zero-order valence-corrected chi connectivity index (χ0v) is 12.9. The van der Waals surface area contributed by atoms with Crippen LogP contribution in [0.15, 0.2) is 0 Å². The van der Waals surface area contributed by atoms with E-state index in [1.807, 2.05) is 0 Å². The van der Waals surface area contributed by atoms with Crippen molar-refractivity contribution in [3.63, 3.8) is 0 Å². The summed E-state index contributed by atoms with van der Waals surface area (Å²) >= 11 is 0. The van der Waals surface area contributed by atoms with Crippen molar-refractivity contribution in [2.45, 2.75) is 51.5 Å². The maximum Gasteiger partial charge on any atom is 0.315 e. The van der Waals surface area contributed by atoms with Crippen LogP contribution in [0.3, 0.4) is 0 Å². The Bertz CT molecular complexity index is 382. The average Bonchev–Trinajstić information content (AvgIpc) is 3.06. The molecule has 120 valence electrons. The number of carboxylic acids is 1. The quantitative estimate of drug-likeness (QED) is 0.648. The second-order valence-electron chi connectivity index (χ2n) is 6.47. The molecule has 6 nitrogen and oxygen atoms in total. The standard InChI is InChI=1S/C15H27N3O3/c1-15(13(19)20)7-4-6-12(15)17-14(21)16-8-5-11-18-9-2-3-10-18/h12H,2-11H2,1H3,(H,19,20)(H2,16,17,21). The van der Waals surface area contributed by atoms with E-state index < -0.39 is 11.4 Å². The van der Waals surface area contributed by atoms with Crippen LogP contribution in [0.4, 0.5) is 4.79 Å². The Hall–Kier alpha value is -1.30. The first-order chi connectivity index (χ1) is 10.0. The number of likely N-dealkylation sites (tertiary alicyclic amines) is 1. The summed E-state index contributed by atoms with van der Waals surface area (Å²) in [6, 6.07) is -0.510. The van der Waals surface area contributed by atoms with Gasteiger partial charge in [0, 0.05) is 12.6 Å². The fourth-order valence-corrected chi connectivity index (χ4v) is 3.37. The largest absolute Gasteiger partial charge is 0.481 e. The van der Waals surface area contributed by atoms with Crippen molar-refractivity contribution in [2.75, 3.05) is 26.2 Å². The molecule has 21 heavy (non-hydrogen) atoms. The number of urea groups is 1. The van der Waals surface area contributed by atoms with Crippen LogP contribution < -0.4 is 10.6 Å². The second-order valence-corrected chi connectivity index (χ2v) is 6.47. The predicted octanol–water partition coefficient (Wildman–Crippen LogP) is 1.41. The van der Waals surface area contributed by atoms with Crippen molar-refractivity contribution in [1.29, 1.82) is 0 Å². The molecule has 0 aromatic rings. The van der Waals surface area contributed by atoms with Crippen molar-refractivity contribution in [3.8, 4) is 0 Å². The molecule has 2 aliphatic rings. The summed E-state index contributed by atoms with van der Waals surface area (Å²) in [5.41, 5.74) is -0.826. The number of rotatable bonds is 6. The van der Waals surface area contributed by atoms with E-state index in [0.717, 1.165) is 25.8 Å². The Morgan fingerprint density at radius 2 is 2.00 bits per heavy atom. The number of aliphatic carboxylic acids is 1. The molecule has 1 aliphatic heterocycles. The Kier molecular flexibility index (Phi) is 5.45. The molecule has 0 spiro atoms. The van der Waals surface area contributed by atoms with Gasteiger partial charge in [-0.15, -0.1) is 0 Å². The van der Waals surface area contributed by atoms with Crippen LogP contribution in [-0.4, -0.2) is 54.2 Å². The number of amides is 2. The lowest BCUT2D eigenvalue weighted by Gasteiger charge is -2.27. The molecule has 3 N–H and O–H groups in total. The number of hydrogen-bond acceptors (Lipinski definition) is 3. The van der Waals surface area contributed by atoms with E-state index in [-0.39, 0.29) is 12.1 Å². The van der Waals surface area contributed by atoms with E-state index in [1.165, 1.54) is 25.9 Å². The third-order valence-corrected chi connectivity index (χ3v) is 4.89. The molecule has 2 fully saturated rings. The molecule has 0 aromatic carbocycles. The highest BCUT2D eigenvalue weighted by Gasteiger charge is 2.45. The maximum atomic E-state index is 11.9. The minimum absolute atomic E-state index is 0.240. The minimum atomic E-state index is -0.826. The normalized spacial score (nSPS) is 29.5. The number of nitrogens with zero attached hydrogens (tertiary/aromatic N) is 1. The first kappa shape index (κ1) is 16.1. The van der Waals surface area contributed by atoms with Gasteiger partial charge in [-0.05, 0) is 58.7 Å². The van der Waals surface area contributed by atoms with Gasteiger partial charge >= 0.3 is 12.0 Å². The van der Waals surface area contributed by atoms with Crippen molar-refractivity contribution in [2.24, 2.45) is 5.41 Å². The van der Waals surface area contributed by atoms with Gasteiger partial charge in [0.25, 0.3) is 0 Å². The van der Waals surface area contributed by atoms with Crippen molar-refractivity contribution in [1.82, 2.24) is 15.5 Å². The smallest absolute Gasteiger partial charge is 0.315 e. The molecular formula is C15H27N3O3. The molecule has 0 radical (unpaired) electrons. The molecule has 0 bridgehead atoms. The lowest BCUT2D eigenvalue weighted by molar-refractivity contribution is -0.148. The summed E-state index contributed by atoms with van der Waals surface area (Å²) in [7, 11) is 0. The van der Waals surface area contributed by atoms with Crippen molar-refractivity contribution >= 4 is 12.0 Å². The van der Waals surface area contributed by atoms with E-state index in [4.69, 9.17) is 0 Å². The first-order valence-electron chi connectivity index (χ1n) is 8.02. The van der Waals surface area contributed by atoms with Crippen molar-refractivity contribution in [3.05, 3.63) is 0 Å². The molecule has 1 saturated heterocycles. The van der Waals surface area contributed by atoms with Crippen LogP contribution >= 0.6 is 0 Å². The molecule has 1 heterocycles. The lowest BCUT2D eigenvalue weighted by atomic mass is 9.85. The minimum Gasteiger partial charge on any atom is -0.481 e. The number of carboxylic acid groups (broad SMARTS) is 1. The monoisotopic (exact) mass is 297 g/mol. The second kappa shape index (κ2) is 7.11.